The zero-order valence-electron chi connectivity index (χ0n) is 17.4. The van der Waals surface area contributed by atoms with Gasteiger partial charge in [0.2, 0.25) is 0 Å². The fourth-order valence-corrected chi connectivity index (χ4v) is 4.05. The van der Waals surface area contributed by atoms with E-state index in [0.29, 0.717) is 17.2 Å². The molecule has 33 heavy (non-hydrogen) atoms. The van der Waals surface area contributed by atoms with Crippen molar-refractivity contribution >= 4 is 28.5 Å². The molecule has 162 valence electrons. The number of rotatable bonds is 6. The Hall–Kier alpha value is -3.88. The van der Waals surface area contributed by atoms with Gasteiger partial charge in [0.05, 0.1) is 12.2 Å². The molecule has 0 bridgehead atoms. The summed E-state index contributed by atoms with van der Waals surface area (Å²) in [5, 5.41) is 19.8. The van der Waals surface area contributed by atoms with Gasteiger partial charge in [0.15, 0.2) is 5.82 Å². The van der Waals surface area contributed by atoms with Gasteiger partial charge in [-0.2, -0.15) is 0 Å². The second-order valence-electron chi connectivity index (χ2n) is 7.30. The third kappa shape index (κ3) is 4.26. The molecule has 0 amide bonds. The van der Waals surface area contributed by atoms with Crippen LogP contribution in [-0.4, -0.2) is 20.2 Å². The lowest BCUT2D eigenvalue weighted by Gasteiger charge is -2.15. The van der Waals surface area contributed by atoms with E-state index in [4.69, 9.17) is 5.14 Å². The van der Waals surface area contributed by atoms with E-state index < -0.39 is 0 Å². The summed E-state index contributed by atoms with van der Waals surface area (Å²) in [4.78, 5) is 9.25. The highest BCUT2D eigenvalue weighted by atomic mass is 32.2. The van der Waals surface area contributed by atoms with Crippen molar-refractivity contribution in [3.05, 3.63) is 96.8 Å². The first-order valence-electron chi connectivity index (χ1n) is 10.2. The van der Waals surface area contributed by atoms with Crippen LogP contribution in [0.3, 0.4) is 0 Å². The van der Waals surface area contributed by atoms with Crippen molar-refractivity contribution in [3.8, 4) is 22.4 Å². The maximum atomic E-state index is 14.1. The van der Waals surface area contributed by atoms with Crippen LogP contribution in [0.4, 0.5) is 10.2 Å². The quantitative estimate of drug-likeness (QED) is 0.329. The van der Waals surface area contributed by atoms with E-state index in [2.05, 4.69) is 25.5 Å². The highest BCUT2D eigenvalue weighted by Crippen LogP contribution is 2.37. The predicted octanol–water partition coefficient (Wildman–Crippen LogP) is 5.47. The summed E-state index contributed by atoms with van der Waals surface area (Å²) in [5.41, 5.74) is 3.85. The molecule has 8 heteroatoms. The van der Waals surface area contributed by atoms with Crippen LogP contribution >= 0.6 is 11.9 Å². The Labute approximate surface area is 194 Å². The number of nitrogens with two attached hydrogens (primary N) is 1. The van der Waals surface area contributed by atoms with Crippen molar-refractivity contribution in [2.24, 2.45) is 5.14 Å². The molecule has 6 nitrogen and oxygen atoms in total. The first kappa shape index (κ1) is 21.0. The molecule has 5 rings (SSSR count). The maximum absolute atomic E-state index is 14.1. The maximum Gasteiger partial charge on any atom is 0.157 e. The van der Waals surface area contributed by atoms with Crippen LogP contribution in [0, 0.1) is 5.82 Å². The first-order valence-corrected chi connectivity index (χ1v) is 11.1. The van der Waals surface area contributed by atoms with Crippen molar-refractivity contribution in [1.82, 2.24) is 20.2 Å². The van der Waals surface area contributed by atoms with Gasteiger partial charge in [-0.1, -0.05) is 48.5 Å². The Morgan fingerprint density at radius 3 is 2.61 bits per heavy atom. The molecule has 0 fully saturated rings. The number of fused-ring (bicyclic) bond motifs is 1. The molecule has 0 saturated heterocycles. The Morgan fingerprint density at radius 1 is 0.909 bits per heavy atom. The molecule has 0 radical (unpaired) electrons. The van der Waals surface area contributed by atoms with Gasteiger partial charge in [-0.05, 0) is 41.3 Å². The predicted molar refractivity (Wildman–Crippen MR) is 130 cm³/mol. The number of hydrogen-bond acceptors (Lipinski definition) is 7. The van der Waals surface area contributed by atoms with Crippen LogP contribution in [0.15, 0.2) is 90.2 Å². The van der Waals surface area contributed by atoms with E-state index in [1.807, 2.05) is 54.6 Å². The molecule has 0 atom stereocenters. The number of benzene rings is 2. The minimum absolute atomic E-state index is 0.180. The number of halogens is 1. The molecule has 3 heterocycles. The summed E-state index contributed by atoms with van der Waals surface area (Å²) in [6.45, 7) is 0.180. The Balaban J connectivity index is 1.69. The van der Waals surface area contributed by atoms with Gasteiger partial charge in [0.1, 0.15) is 11.5 Å². The highest BCUT2D eigenvalue weighted by Gasteiger charge is 2.16. The third-order valence-electron chi connectivity index (χ3n) is 5.27. The summed E-state index contributed by atoms with van der Waals surface area (Å²) in [5.74, 6) is 0.180. The van der Waals surface area contributed by atoms with Gasteiger partial charge >= 0.3 is 0 Å². The van der Waals surface area contributed by atoms with E-state index in [0.717, 1.165) is 44.3 Å². The van der Waals surface area contributed by atoms with Crippen molar-refractivity contribution < 1.29 is 4.39 Å². The minimum Gasteiger partial charge on any atom is -0.362 e. The average molecular weight is 455 g/mol. The lowest BCUT2D eigenvalue weighted by atomic mass is 9.96. The molecule has 0 aliphatic heterocycles. The van der Waals surface area contributed by atoms with Crippen molar-refractivity contribution in [2.75, 3.05) is 5.32 Å². The minimum atomic E-state index is -0.371. The summed E-state index contributed by atoms with van der Waals surface area (Å²) in [7, 11) is 0. The standard InChI is InChI=1S/C25H19FN6S/c26-21-10-5-11-29-22(21)15-30-25-23-19(16-6-2-1-3-7-16)8-4-9-20(23)24(31-32-25)17-12-18(33-27)14-28-13-17/h1-14H,15,27H2,(H,30,32). The molecule has 0 saturated carbocycles. The smallest absolute Gasteiger partial charge is 0.157 e. The Bertz CT molecular complexity index is 1430. The first-order chi connectivity index (χ1) is 16.2. The zero-order chi connectivity index (χ0) is 22.6. The Morgan fingerprint density at radius 2 is 1.79 bits per heavy atom. The molecule has 3 aromatic heterocycles. The summed E-state index contributed by atoms with van der Waals surface area (Å²) < 4.78 is 14.1. The summed E-state index contributed by atoms with van der Waals surface area (Å²) >= 11 is 1.13. The van der Waals surface area contributed by atoms with Crippen LogP contribution in [-0.2, 0) is 6.54 Å². The highest BCUT2D eigenvalue weighted by molar-refractivity contribution is 7.97. The number of pyridine rings is 2. The lowest BCUT2D eigenvalue weighted by Crippen LogP contribution is -2.07. The largest absolute Gasteiger partial charge is 0.362 e. The van der Waals surface area contributed by atoms with Crippen LogP contribution in [0.2, 0.25) is 0 Å². The second-order valence-corrected chi connectivity index (χ2v) is 8.01. The van der Waals surface area contributed by atoms with Gasteiger partial charge in [-0.25, -0.2) is 4.39 Å². The SMILES string of the molecule is NSc1cncc(-c2nnc(NCc3ncccc3F)c3c(-c4ccccc4)cccc23)c1. The number of anilines is 1. The van der Waals surface area contributed by atoms with Crippen LogP contribution < -0.4 is 10.5 Å². The molecule has 0 aliphatic rings. The van der Waals surface area contributed by atoms with Crippen molar-refractivity contribution in [1.29, 1.82) is 0 Å². The van der Waals surface area contributed by atoms with E-state index in [9.17, 15) is 4.39 Å². The summed E-state index contributed by atoms with van der Waals surface area (Å²) in [6, 6.07) is 21.0. The van der Waals surface area contributed by atoms with Crippen molar-refractivity contribution in [2.45, 2.75) is 11.4 Å². The Kier molecular flexibility index (Phi) is 5.93. The van der Waals surface area contributed by atoms with Crippen LogP contribution in [0.25, 0.3) is 33.2 Å². The van der Waals surface area contributed by atoms with Crippen LogP contribution in [0.5, 0.6) is 0 Å². The van der Waals surface area contributed by atoms with Gasteiger partial charge in [0, 0.05) is 39.8 Å². The molecule has 0 spiro atoms. The van der Waals surface area contributed by atoms with E-state index in [1.165, 1.54) is 6.07 Å². The van der Waals surface area contributed by atoms with Gasteiger partial charge in [-0.15, -0.1) is 10.2 Å². The molecular formula is C25H19FN6S. The van der Waals surface area contributed by atoms with Gasteiger partial charge < -0.3 is 5.32 Å². The fourth-order valence-electron chi connectivity index (χ4n) is 3.73. The van der Waals surface area contributed by atoms with E-state index in [-0.39, 0.29) is 12.4 Å². The van der Waals surface area contributed by atoms with Crippen molar-refractivity contribution in [3.63, 3.8) is 0 Å². The normalized spacial score (nSPS) is 11.0. The topological polar surface area (TPSA) is 89.6 Å². The fraction of sp³-hybridized carbons (Fsp3) is 0.0400. The van der Waals surface area contributed by atoms with Crippen LogP contribution in [0.1, 0.15) is 5.69 Å². The number of nitrogens with zero attached hydrogens (tertiary/aromatic N) is 4. The zero-order valence-corrected chi connectivity index (χ0v) is 18.3. The number of nitrogens with one attached hydrogen (secondary N) is 1. The second kappa shape index (κ2) is 9.32. The molecule has 3 N–H and O–H groups in total. The van der Waals surface area contributed by atoms with E-state index in [1.54, 1.807) is 24.7 Å². The molecule has 5 aromatic rings. The number of aromatic nitrogens is 4. The average Bonchev–Trinajstić information content (AvgIpc) is 2.88. The molecule has 2 aromatic carbocycles. The monoisotopic (exact) mass is 454 g/mol. The van der Waals surface area contributed by atoms with E-state index >= 15 is 0 Å². The van der Waals surface area contributed by atoms with Gasteiger partial charge in [-0.3, -0.25) is 15.1 Å². The lowest BCUT2D eigenvalue weighted by molar-refractivity contribution is 0.602. The molecule has 0 unspecified atom stereocenters. The number of hydrogen-bond donors (Lipinski definition) is 2. The third-order valence-corrected chi connectivity index (χ3v) is 5.77. The summed E-state index contributed by atoms with van der Waals surface area (Å²) in [6.07, 6.45) is 5.02. The van der Waals surface area contributed by atoms with Gasteiger partial charge in [0.25, 0.3) is 0 Å². The molecule has 0 aliphatic carbocycles. The molecular weight excluding hydrogens is 435 g/mol.